The minimum absolute atomic E-state index is 0.00116. The second-order valence-corrected chi connectivity index (χ2v) is 13.7. The van der Waals surface area contributed by atoms with Crippen LogP contribution >= 0.6 is 0 Å². The molecular formula is C32H54N2O21. The van der Waals surface area contributed by atoms with Gasteiger partial charge in [-0.2, -0.15) is 0 Å². The molecule has 23 nitrogen and oxygen atoms in total. The van der Waals surface area contributed by atoms with Gasteiger partial charge in [0.05, 0.1) is 32.0 Å². The fourth-order valence-electron chi connectivity index (χ4n) is 6.48. The number of unbranched alkanes of at least 4 members (excludes halogenated alkanes) is 1. The predicted molar refractivity (Wildman–Crippen MR) is 176 cm³/mol. The molecule has 3 aliphatic rings. The number of carbonyl (C=O) groups is 4. The molecule has 0 bridgehead atoms. The van der Waals surface area contributed by atoms with Crippen molar-refractivity contribution in [2.75, 3.05) is 46.0 Å². The number of carboxylic acids is 1. The molecule has 3 saturated heterocycles. The highest BCUT2D eigenvalue weighted by molar-refractivity contribution is 5.87. The summed E-state index contributed by atoms with van der Waals surface area (Å²) in [7, 11) is 0. The number of aliphatic hydroxyl groups excluding tert-OH is 12. The molecular weight excluding hydrogens is 748 g/mol. The number of carboxylic acid groups (broad SMARTS) is 1. The van der Waals surface area contributed by atoms with Crippen LogP contribution in [0.4, 0.5) is 0 Å². The maximum Gasteiger partial charge on any atom is 0.323 e. The zero-order valence-electron chi connectivity index (χ0n) is 29.8. The maximum atomic E-state index is 13.7. The van der Waals surface area contributed by atoms with Gasteiger partial charge in [-0.15, -0.1) is 0 Å². The van der Waals surface area contributed by atoms with Crippen LogP contribution in [0.5, 0.6) is 0 Å². The van der Waals surface area contributed by atoms with Crippen molar-refractivity contribution in [1.82, 2.24) is 9.80 Å². The number of ether oxygens (including phenoxy) is 4. The Bertz CT molecular complexity index is 1200. The van der Waals surface area contributed by atoms with Crippen LogP contribution in [0.3, 0.4) is 0 Å². The monoisotopic (exact) mass is 802 g/mol. The number of aliphatic hydroxyl groups is 12. The predicted octanol–water partition coefficient (Wildman–Crippen LogP) is -7.90. The van der Waals surface area contributed by atoms with Crippen molar-refractivity contribution in [3.8, 4) is 0 Å². The number of aliphatic carboxylic acids is 1. The quantitative estimate of drug-likeness (QED) is 0.0426. The normalized spacial score (nSPS) is 36.5. The van der Waals surface area contributed by atoms with Gasteiger partial charge in [0.1, 0.15) is 86.3 Å². The van der Waals surface area contributed by atoms with Crippen molar-refractivity contribution < 1.29 is 105 Å². The summed E-state index contributed by atoms with van der Waals surface area (Å²) in [6.07, 6.45) is -24.4. The van der Waals surface area contributed by atoms with Crippen molar-refractivity contribution in [3.05, 3.63) is 0 Å². The van der Waals surface area contributed by atoms with Crippen LogP contribution in [0.25, 0.3) is 0 Å². The number of carbonyl (C=O) groups excluding carboxylic acids is 3. The van der Waals surface area contributed by atoms with Crippen molar-refractivity contribution in [3.63, 3.8) is 0 Å². The first-order chi connectivity index (χ1) is 25.9. The van der Waals surface area contributed by atoms with Gasteiger partial charge >= 0.3 is 11.9 Å². The standard InChI is InChI=1S/C32H54N2O21/c35-11-16-25(45)28(48)23(43)14(52-16)5-7-33(8-6-15-24(44)29(49)26(46)17(12-36)53-15)20(39)9-34(10-21(40)41)19(38)3-1-2-4-22(42)55-32-31(51)30(50)27(47)18(13-37)54-32/h14-18,23-32,35-37,43-51H,1-13H2,(H,40,41)/t14-,15-,16-,17-,18-,23-,24-,25-,26-,27-,28-,29-,30+,31+,32-/m1/s1. The molecule has 0 aromatic rings. The molecule has 15 atom stereocenters. The number of nitrogens with zero attached hydrogens (tertiary/aromatic N) is 2. The second kappa shape index (κ2) is 21.7. The summed E-state index contributed by atoms with van der Waals surface area (Å²) in [5, 5.41) is 129. The van der Waals surface area contributed by atoms with E-state index in [2.05, 4.69) is 0 Å². The van der Waals surface area contributed by atoms with Gasteiger partial charge in [-0.1, -0.05) is 0 Å². The van der Waals surface area contributed by atoms with E-state index >= 15 is 0 Å². The Morgan fingerprint density at radius 1 is 0.491 bits per heavy atom. The number of esters is 1. The molecule has 0 spiro atoms. The van der Waals surface area contributed by atoms with Gasteiger partial charge in [0.15, 0.2) is 0 Å². The van der Waals surface area contributed by atoms with Crippen molar-refractivity contribution in [1.29, 1.82) is 0 Å². The van der Waals surface area contributed by atoms with Crippen LogP contribution in [-0.4, -0.2) is 238 Å². The summed E-state index contributed by atoms with van der Waals surface area (Å²) in [4.78, 5) is 52.7. The number of hydrogen-bond donors (Lipinski definition) is 13. The number of hydrogen-bond acceptors (Lipinski definition) is 20. The Morgan fingerprint density at radius 2 is 0.909 bits per heavy atom. The largest absolute Gasteiger partial charge is 0.480 e. The first-order valence-electron chi connectivity index (χ1n) is 17.8. The molecule has 0 radical (unpaired) electrons. The Kier molecular flexibility index (Phi) is 18.4. The van der Waals surface area contributed by atoms with Gasteiger partial charge in [0.25, 0.3) is 0 Å². The van der Waals surface area contributed by atoms with Crippen molar-refractivity contribution in [2.45, 2.75) is 130 Å². The van der Waals surface area contributed by atoms with E-state index in [4.69, 9.17) is 18.9 Å². The Hall–Kier alpha value is -2.72. The van der Waals surface area contributed by atoms with Crippen LogP contribution in [0.1, 0.15) is 38.5 Å². The van der Waals surface area contributed by atoms with Crippen LogP contribution < -0.4 is 0 Å². The lowest BCUT2D eigenvalue weighted by Gasteiger charge is -2.41. The van der Waals surface area contributed by atoms with Gasteiger partial charge in [-0.05, 0) is 25.7 Å². The lowest BCUT2D eigenvalue weighted by Crippen LogP contribution is -2.59. The van der Waals surface area contributed by atoms with E-state index in [0.717, 1.165) is 9.80 Å². The zero-order valence-corrected chi connectivity index (χ0v) is 29.8. The third-order valence-electron chi connectivity index (χ3n) is 9.82. The SMILES string of the molecule is O=C(O)CN(CC(=O)N(CC[C@H]1O[C@H](CO)[C@@H](O)[C@H](O)[C@@H]1O)CC[C@H]1O[C@H](CO)[C@@H](O)[C@H](O)[C@@H]1O)C(=O)CCCCC(=O)O[C@H]1O[C@H](CO)[C@@H](O)[C@H](O)[C@@H]1O. The van der Waals surface area contributed by atoms with Crippen LogP contribution in [0.15, 0.2) is 0 Å². The summed E-state index contributed by atoms with van der Waals surface area (Å²) >= 11 is 0. The lowest BCUT2D eigenvalue weighted by atomic mass is 9.93. The lowest BCUT2D eigenvalue weighted by molar-refractivity contribution is -0.292. The molecule has 3 heterocycles. The fourth-order valence-corrected chi connectivity index (χ4v) is 6.48. The molecule has 13 N–H and O–H groups in total. The topological polar surface area (TPSA) is 375 Å². The third kappa shape index (κ3) is 12.4. The van der Waals surface area contributed by atoms with E-state index in [1.807, 2.05) is 0 Å². The molecule has 318 valence electrons. The van der Waals surface area contributed by atoms with E-state index in [0.29, 0.717) is 0 Å². The number of rotatable bonds is 19. The molecule has 0 aromatic heterocycles. The summed E-state index contributed by atoms with van der Waals surface area (Å²) in [6.45, 7) is -4.47. The first-order valence-corrected chi connectivity index (χ1v) is 17.8. The fraction of sp³-hybridized carbons (Fsp3) is 0.875. The van der Waals surface area contributed by atoms with E-state index in [1.54, 1.807) is 0 Å². The van der Waals surface area contributed by atoms with E-state index in [1.165, 1.54) is 0 Å². The Labute approximate surface area is 314 Å². The second-order valence-electron chi connectivity index (χ2n) is 13.7. The number of amides is 2. The minimum Gasteiger partial charge on any atom is -0.480 e. The van der Waals surface area contributed by atoms with Gasteiger partial charge in [-0.3, -0.25) is 19.2 Å². The average Bonchev–Trinajstić information content (AvgIpc) is 3.15. The highest BCUT2D eigenvalue weighted by atomic mass is 16.7. The van der Waals surface area contributed by atoms with Gasteiger partial charge in [0, 0.05) is 25.9 Å². The zero-order chi connectivity index (χ0) is 41.1. The maximum absolute atomic E-state index is 13.7. The van der Waals surface area contributed by atoms with Crippen LogP contribution in [0, 0.1) is 0 Å². The molecule has 3 aliphatic heterocycles. The van der Waals surface area contributed by atoms with Gasteiger partial charge < -0.3 is 95.1 Å². The molecule has 23 heteroatoms. The molecule has 0 aromatic carbocycles. The van der Waals surface area contributed by atoms with Crippen molar-refractivity contribution >= 4 is 23.8 Å². The van der Waals surface area contributed by atoms with E-state index < -0.39 is 148 Å². The minimum atomic E-state index is -1.82. The smallest absolute Gasteiger partial charge is 0.323 e. The van der Waals surface area contributed by atoms with E-state index in [9.17, 15) is 85.6 Å². The molecule has 55 heavy (non-hydrogen) atoms. The molecule has 2 amide bonds. The van der Waals surface area contributed by atoms with Crippen LogP contribution in [-0.2, 0) is 38.1 Å². The molecule has 0 aliphatic carbocycles. The molecule has 0 unspecified atom stereocenters. The first kappa shape index (κ1) is 46.7. The van der Waals surface area contributed by atoms with Gasteiger partial charge in [-0.25, -0.2) is 0 Å². The van der Waals surface area contributed by atoms with E-state index in [-0.39, 0.29) is 51.6 Å². The summed E-state index contributed by atoms with van der Waals surface area (Å²) in [6, 6.07) is 0. The summed E-state index contributed by atoms with van der Waals surface area (Å²) < 4.78 is 21.1. The van der Waals surface area contributed by atoms with Crippen molar-refractivity contribution in [2.24, 2.45) is 0 Å². The molecule has 3 rings (SSSR count). The highest BCUT2D eigenvalue weighted by Gasteiger charge is 2.46. The molecule has 3 fully saturated rings. The third-order valence-corrected chi connectivity index (χ3v) is 9.82. The average molecular weight is 803 g/mol. The highest BCUT2D eigenvalue weighted by Crippen LogP contribution is 2.26. The molecule has 0 saturated carbocycles. The summed E-state index contributed by atoms with van der Waals surface area (Å²) in [5.41, 5.74) is 0. The Balaban J connectivity index is 1.65. The van der Waals surface area contributed by atoms with Crippen LogP contribution in [0.2, 0.25) is 0 Å². The van der Waals surface area contributed by atoms with Gasteiger partial charge in [0.2, 0.25) is 18.1 Å². The Morgan fingerprint density at radius 3 is 1.36 bits per heavy atom. The summed E-state index contributed by atoms with van der Waals surface area (Å²) in [5.74, 6) is -4.05.